The van der Waals surface area contributed by atoms with Gasteiger partial charge in [-0.1, -0.05) is 0 Å². The summed E-state index contributed by atoms with van der Waals surface area (Å²) in [6, 6.07) is -0.176. The highest BCUT2D eigenvalue weighted by Gasteiger charge is 2.53. The van der Waals surface area contributed by atoms with Gasteiger partial charge >= 0.3 is 0 Å². The van der Waals surface area contributed by atoms with Crippen LogP contribution in [0.2, 0.25) is 0 Å². The standard InChI is InChI=1S/C6H11NO3S/c1-7(8)3-6-2-5(7)4-11(6,9)10/h5-6H,2-4H2,1H3. The van der Waals surface area contributed by atoms with E-state index in [9.17, 15) is 13.6 Å². The predicted octanol–water partition coefficient (Wildman–Crippen LogP) is -0.500. The highest BCUT2D eigenvalue weighted by molar-refractivity contribution is 7.92. The Kier molecular flexibility index (Phi) is 1.22. The van der Waals surface area contributed by atoms with Crippen molar-refractivity contribution in [1.29, 1.82) is 0 Å². The summed E-state index contributed by atoms with van der Waals surface area (Å²) in [5.41, 5.74) is 0. The lowest BCUT2D eigenvalue weighted by molar-refractivity contribution is -0.870. The molecule has 3 atom stereocenters. The van der Waals surface area contributed by atoms with E-state index < -0.39 is 9.84 Å². The van der Waals surface area contributed by atoms with Crippen LogP contribution < -0.4 is 0 Å². The molecule has 2 rings (SSSR count). The lowest BCUT2D eigenvalue weighted by Crippen LogP contribution is -2.50. The summed E-state index contributed by atoms with van der Waals surface area (Å²) in [4.78, 5) is 0. The molecular formula is C6H11NO3S. The molecule has 4 nitrogen and oxygen atoms in total. The van der Waals surface area contributed by atoms with Gasteiger partial charge in [0.05, 0.1) is 13.6 Å². The molecular weight excluding hydrogens is 166 g/mol. The summed E-state index contributed by atoms with van der Waals surface area (Å²) in [6.07, 6.45) is 0.586. The number of sulfone groups is 1. The minimum atomic E-state index is -2.87. The zero-order valence-corrected chi connectivity index (χ0v) is 7.17. The second-order valence-electron chi connectivity index (χ2n) is 3.70. The maximum absolute atomic E-state index is 11.5. The van der Waals surface area contributed by atoms with Crippen molar-refractivity contribution in [2.75, 3.05) is 19.3 Å². The maximum Gasteiger partial charge on any atom is 0.164 e. The third-order valence-electron chi connectivity index (χ3n) is 2.81. The molecule has 0 aromatic heterocycles. The van der Waals surface area contributed by atoms with Crippen LogP contribution in [0.15, 0.2) is 0 Å². The highest BCUT2D eigenvalue weighted by Crippen LogP contribution is 2.36. The van der Waals surface area contributed by atoms with Gasteiger partial charge in [-0.3, -0.25) is 0 Å². The number of rotatable bonds is 0. The van der Waals surface area contributed by atoms with Crippen LogP contribution in [-0.4, -0.2) is 43.7 Å². The van der Waals surface area contributed by atoms with E-state index in [1.54, 1.807) is 7.05 Å². The first kappa shape index (κ1) is 7.52. The van der Waals surface area contributed by atoms with Crippen molar-refractivity contribution in [2.24, 2.45) is 0 Å². The predicted molar refractivity (Wildman–Crippen MR) is 40.4 cm³/mol. The van der Waals surface area contributed by atoms with Crippen molar-refractivity contribution in [3.63, 3.8) is 0 Å². The Hall–Kier alpha value is -0.130. The van der Waals surface area contributed by atoms with Crippen molar-refractivity contribution in [2.45, 2.75) is 17.7 Å². The second-order valence-corrected chi connectivity index (χ2v) is 6.02. The number of hydroxylamine groups is 3. The summed E-state index contributed by atoms with van der Waals surface area (Å²) in [6.45, 7) is 0.271. The molecule has 2 fully saturated rings. The molecule has 3 unspecified atom stereocenters. The Labute approximate surface area is 65.9 Å². The van der Waals surface area contributed by atoms with Crippen LogP contribution in [0.3, 0.4) is 0 Å². The Morgan fingerprint density at radius 2 is 2.18 bits per heavy atom. The van der Waals surface area contributed by atoms with Crippen LogP contribution in [0.4, 0.5) is 0 Å². The summed E-state index contributed by atoms with van der Waals surface area (Å²) >= 11 is 0. The van der Waals surface area contributed by atoms with Gasteiger partial charge in [0.1, 0.15) is 17.0 Å². The van der Waals surface area contributed by atoms with Crippen molar-refractivity contribution in [1.82, 2.24) is 0 Å². The smallest absolute Gasteiger partial charge is 0.164 e. The lowest BCUT2D eigenvalue weighted by Gasteiger charge is -2.41. The van der Waals surface area contributed by atoms with E-state index in [0.29, 0.717) is 6.42 Å². The quantitative estimate of drug-likeness (QED) is 0.370. The first-order valence-corrected chi connectivity index (χ1v) is 5.41. The molecule has 0 amide bonds. The Balaban J connectivity index is 2.35. The van der Waals surface area contributed by atoms with Gasteiger partial charge in [0.25, 0.3) is 0 Å². The monoisotopic (exact) mass is 177 g/mol. The fourth-order valence-electron chi connectivity index (χ4n) is 2.04. The fraction of sp³-hybridized carbons (Fsp3) is 1.00. The van der Waals surface area contributed by atoms with Gasteiger partial charge < -0.3 is 9.85 Å². The normalized spacial score (nSPS) is 53.3. The molecule has 0 N–H and O–H groups in total. The number of fused-ring (bicyclic) bond motifs is 2. The molecule has 0 saturated carbocycles. The van der Waals surface area contributed by atoms with E-state index >= 15 is 0 Å². The average Bonchev–Trinajstić information content (AvgIpc) is 2.18. The molecule has 5 heteroatoms. The molecule has 2 heterocycles. The number of hydrogen-bond donors (Lipinski definition) is 0. The van der Waals surface area contributed by atoms with E-state index in [-0.39, 0.29) is 28.2 Å². The van der Waals surface area contributed by atoms with Gasteiger partial charge in [-0.2, -0.15) is 0 Å². The van der Waals surface area contributed by atoms with Crippen LogP contribution in [-0.2, 0) is 9.84 Å². The van der Waals surface area contributed by atoms with Crippen molar-refractivity contribution in [3.05, 3.63) is 5.21 Å². The zero-order valence-electron chi connectivity index (χ0n) is 6.36. The van der Waals surface area contributed by atoms with Crippen molar-refractivity contribution >= 4 is 9.84 Å². The molecule has 0 aliphatic carbocycles. The van der Waals surface area contributed by atoms with E-state index in [1.807, 2.05) is 0 Å². The third-order valence-corrected chi connectivity index (χ3v) is 5.01. The number of quaternary nitrogens is 1. The van der Waals surface area contributed by atoms with Crippen LogP contribution in [0.1, 0.15) is 6.42 Å². The van der Waals surface area contributed by atoms with Crippen LogP contribution >= 0.6 is 0 Å². The fourth-order valence-corrected chi connectivity index (χ4v) is 4.34. The van der Waals surface area contributed by atoms with Gasteiger partial charge in [-0.25, -0.2) is 8.42 Å². The SMILES string of the molecule is C[N+]1([O-])CC2CC1CS2(=O)=O. The lowest BCUT2D eigenvalue weighted by atomic mass is 10.2. The first-order chi connectivity index (χ1) is 4.92. The van der Waals surface area contributed by atoms with E-state index in [2.05, 4.69) is 0 Å². The summed E-state index contributed by atoms with van der Waals surface area (Å²) in [7, 11) is -1.31. The second kappa shape index (κ2) is 1.78. The number of likely N-dealkylation sites (tertiary alicyclic amines) is 1. The third kappa shape index (κ3) is 0.913. The number of nitrogens with zero attached hydrogens (tertiary/aromatic N) is 1. The zero-order chi connectivity index (χ0) is 8.28. The number of hydrogen-bond acceptors (Lipinski definition) is 3. The average molecular weight is 177 g/mol. The first-order valence-electron chi connectivity index (χ1n) is 3.69. The molecule has 2 saturated heterocycles. The molecule has 0 radical (unpaired) electrons. The van der Waals surface area contributed by atoms with E-state index in [4.69, 9.17) is 0 Å². The van der Waals surface area contributed by atoms with Crippen LogP contribution in [0.5, 0.6) is 0 Å². The van der Waals surface area contributed by atoms with Gasteiger partial charge in [0.2, 0.25) is 0 Å². The van der Waals surface area contributed by atoms with Gasteiger partial charge in [-0.05, 0) is 0 Å². The molecule has 11 heavy (non-hydrogen) atoms. The van der Waals surface area contributed by atoms with Crippen LogP contribution in [0, 0.1) is 5.21 Å². The van der Waals surface area contributed by atoms with E-state index in [0.717, 1.165) is 0 Å². The molecule has 2 aliphatic heterocycles. The Morgan fingerprint density at radius 1 is 1.55 bits per heavy atom. The summed E-state index contributed by atoms with van der Waals surface area (Å²) in [5.74, 6) is 0.109. The topological polar surface area (TPSA) is 57.2 Å². The van der Waals surface area contributed by atoms with E-state index in [1.165, 1.54) is 0 Å². The molecule has 0 spiro atoms. The van der Waals surface area contributed by atoms with Gasteiger partial charge in [0.15, 0.2) is 9.84 Å². The summed E-state index contributed by atoms with van der Waals surface area (Å²) in [5, 5.41) is 11.1. The maximum atomic E-state index is 11.5. The molecule has 0 aromatic rings. The van der Waals surface area contributed by atoms with Gasteiger partial charge in [-0.15, -0.1) is 0 Å². The molecule has 2 aliphatic rings. The molecule has 0 aromatic carbocycles. The van der Waals surface area contributed by atoms with Gasteiger partial charge in [0, 0.05) is 6.42 Å². The Bertz CT molecular complexity index is 282. The minimum absolute atomic E-state index is 0.109. The molecule has 2 bridgehead atoms. The largest absolute Gasteiger partial charge is 0.633 e. The van der Waals surface area contributed by atoms with Crippen molar-refractivity contribution < 1.29 is 13.1 Å². The van der Waals surface area contributed by atoms with Crippen molar-refractivity contribution in [3.8, 4) is 0 Å². The Morgan fingerprint density at radius 3 is 2.45 bits per heavy atom. The highest BCUT2D eigenvalue weighted by atomic mass is 32.2. The summed E-state index contributed by atoms with van der Waals surface area (Å²) < 4.78 is 22.0. The van der Waals surface area contributed by atoms with Crippen LogP contribution in [0.25, 0.3) is 0 Å². The molecule has 64 valence electrons. The minimum Gasteiger partial charge on any atom is -0.633 e.